The zero-order valence-corrected chi connectivity index (χ0v) is 11.3. The second-order valence-corrected chi connectivity index (χ2v) is 4.62. The first kappa shape index (κ1) is 15.4. The fourth-order valence-electron chi connectivity index (χ4n) is 2.20. The van der Waals surface area contributed by atoms with Crippen LogP contribution in [0.3, 0.4) is 0 Å². The minimum absolute atomic E-state index is 0.211. The number of piperidine rings is 1. The molecule has 1 rings (SSSR count). The first-order valence-electron chi connectivity index (χ1n) is 6.46. The Kier molecular flexibility index (Phi) is 5.75. The summed E-state index contributed by atoms with van der Waals surface area (Å²) < 4.78 is 4.99. The maximum Gasteiger partial charge on any atom is 0.318 e. The number of primary amides is 1. The highest BCUT2D eigenvalue weighted by Gasteiger charge is 2.31. The van der Waals surface area contributed by atoms with E-state index in [9.17, 15) is 14.4 Å². The molecule has 7 heteroatoms. The van der Waals surface area contributed by atoms with Gasteiger partial charge >= 0.3 is 12.0 Å². The standard InChI is InChI=1S/C12H21N3O4/c1-3-19-11(17)9-5-4-6-15(7-9)8(2)10(16)14-12(13)18/h8-9H,3-7H2,1-2H3,(H3,13,14,16,18)/t8?,9-/m1/s1. The number of ether oxygens (including phenoxy) is 1. The average molecular weight is 271 g/mol. The summed E-state index contributed by atoms with van der Waals surface area (Å²) in [5, 5.41) is 2.05. The number of carbonyl (C=O) groups is 3. The van der Waals surface area contributed by atoms with Gasteiger partial charge in [-0.15, -0.1) is 0 Å². The molecular weight excluding hydrogens is 250 g/mol. The van der Waals surface area contributed by atoms with Crippen molar-refractivity contribution in [3.8, 4) is 0 Å². The van der Waals surface area contributed by atoms with Gasteiger partial charge in [0.05, 0.1) is 18.6 Å². The van der Waals surface area contributed by atoms with E-state index in [0.29, 0.717) is 19.7 Å². The topological polar surface area (TPSA) is 102 Å². The van der Waals surface area contributed by atoms with Gasteiger partial charge in [-0.3, -0.25) is 19.8 Å². The number of nitrogens with zero attached hydrogens (tertiary/aromatic N) is 1. The third-order valence-electron chi connectivity index (χ3n) is 3.25. The van der Waals surface area contributed by atoms with Crippen molar-refractivity contribution < 1.29 is 19.1 Å². The molecule has 3 amide bonds. The van der Waals surface area contributed by atoms with Gasteiger partial charge < -0.3 is 10.5 Å². The molecule has 0 bridgehead atoms. The molecule has 1 heterocycles. The number of likely N-dealkylation sites (tertiary alicyclic amines) is 1. The molecule has 108 valence electrons. The van der Waals surface area contributed by atoms with Crippen molar-refractivity contribution in [2.24, 2.45) is 11.7 Å². The molecule has 1 unspecified atom stereocenters. The number of hydrogen-bond acceptors (Lipinski definition) is 5. The number of nitrogens with two attached hydrogens (primary N) is 1. The van der Waals surface area contributed by atoms with Gasteiger partial charge in [0, 0.05) is 6.54 Å². The van der Waals surface area contributed by atoms with Crippen LogP contribution in [-0.4, -0.2) is 48.5 Å². The molecule has 19 heavy (non-hydrogen) atoms. The largest absolute Gasteiger partial charge is 0.466 e. The Morgan fingerprint density at radius 2 is 2.16 bits per heavy atom. The zero-order valence-electron chi connectivity index (χ0n) is 11.3. The second kappa shape index (κ2) is 7.08. The lowest BCUT2D eigenvalue weighted by Gasteiger charge is -2.34. The lowest BCUT2D eigenvalue weighted by atomic mass is 9.97. The number of amides is 3. The van der Waals surface area contributed by atoms with Crippen LogP contribution in [0.4, 0.5) is 4.79 Å². The minimum Gasteiger partial charge on any atom is -0.466 e. The van der Waals surface area contributed by atoms with Gasteiger partial charge in [-0.2, -0.15) is 0 Å². The summed E-state index contributed by atoms with van der Waals surface area (Å²) in [4.78, 5) is 35.9. The summed E-state index contributed by atoms with van der Waals surface area (Å²) in [7, 11) is 0. The first-order chi connectivity index (χ1) is 8.95. The van der Waals surface area contributed by atoms with Crippen molar-refractivity contribution in [3.05, 3.63) is 0 Å². The lowest BCUT2D eigenvalue weighted by Crippen LogP contribution is -2.52. The van der Waals surface area contributed by atoms with Gasteiger partial charge in [-0.25, -0.2) is 4.79 Å². The predicted molar refractivity (Wildman–Crippen MR) is 68.1 cm³/mol. The van der Waals surface area contributed by atoms with E-state index < -0.39 is 18.0 Å². The maximum absolute atomic E-state index is 11.7. The van der Waals surface area contributed by atoms with E-state index in [4.69, 9.17) is 10.5 Å². The van der Waals surface area contributed by atoms with Crippen molar-refractivity contribution in [3.63, 3.8) is 0 Å². The smallest absolute Gasteiger partial charge is 0.318 e. The van der Waals surface area contributed by atoms with E-state index in [1.54, 1.807) is 13.8 Å². The number of imide groups is 1. The third-order valence-corrected chi connectivity index (χ3v) is 3.25. The maximum atomic E-state index is 11.7. The minimum atomic E-state index is -0.865. The Bertz CT molecular complexity index is 359. The molecule has 1 aliphatic heterocycles. The summed E-state index contributed by atoms with van der Waals surface area (Å²) in [5.41, 5.74) is 4.91. The first-order valence-corrected chi connectivity index (χ1v) is 6.46. The zero-order chi connectivity index (χ0) is 14.4. The molecule has 0 aliphatic carbocycles. The molecular formula is C12H21N3O4. The highest BCUT2D eigenvalue weighted by atomic mass is 16.5. The van der Waals surface area contributed by atoms with Crippen molar-refractivity contribution in [1.29, 1.82) is 0 Å². The molecule has 0 saturated carbocycles. The molecule has 1 saturated heterocycles. The number of esters is 1. The van der Waals surface area contributed by atoms with E-state index in [-0.39, 0.29) is 11.9 Å². The summed E-state index contributed by atoms with van der Waals surface area (Å²) in [6.45, 7) is 4.98. The van der Waals surface area contributed by atoms with Crippen LogP contribution in [0.15, 0.2) is 0 Å². The van der Waals surface area contributed by atoms with Gasteiger partial charge in [-0.05, 0) is 33.2 Å². The summed E-state index contributed by atoms with van der Waals surface area (Å²) in [6.07, 6.45) is 1.58. The monoisotopic (exact) mass is 271 g/mol. The average Bonchev–Trinajstić information content (AvgIpc) is 2.37. The Labute approximate surface area is 112 Å². The number of hydrogen-bond donors (Lipinski definition) is 2. The Hall–Kier alpha value is -1.63. The summed E-state index contributed by atoms with van der Waals surface area (Å²) in [5.74, 6) is -0.885. The van der Waals surface area contributed by atoms with Crippen LogP contribution in [0.25, 0.3) is 0 Å². The Morgan fingerprint density at radius 3 is 2.74 bits per heavy atom. The second-order valence-electron chi connectivity index (χ2n) is 4.62. The predicted octanol–water partition coefficient (Wildman–Crippen LogP) is -0.155. The van der Waals surface area contributed by atoms with Crippen molar-refractivity contribution in [2.75, 3.05) is 19.7 Å². The Morgan fingerprint density at radius 1 is 1.47 bits per heavy atom. The molecule has 0 aromatic rings. The van der Waals surface area contributed by atoms with Gasteiger partial charge in [-0.1, -0.05) is 0 Å². The SMILES string of the molecule is CCOC(=O)[C@@H]1CCCN(C(C)C(=O)NC(N)=O)C1. The molecule has 0 aromatic heterocycles. The molecule has 0 radical (unpaired) electrons. The fourth-order valence-corrected chi connectivity index (χ4v) is 2.20. The molecule has 0 aromatic carbocycles. The Balaban J connectivity index is 2.56. The number of rotatable bonds is 4. The van der Waals surface area contributed by atoms with E-state index in [1.807, 2.05) is 4.90 Å². The van der Waals surface area contributed by atoms with E-state index in [0.717, 1.165) is 12.8 Å². The van der Waals surface area contributed by atoms with Crippen LogP contribution in [0, 0.1) is 5.92 Å². The van der Waals surface area contributed by atoms with Crippen LogP contribution in [0.5, 0.6) is 0 Å². The van der Waals surface area contributed by atoms with Gasteiger partial charge in [0.25, 0.3) is 0 Å². The quantitative estimate of drug-likeness (QED) is 0.692. The van der Waals surface area contributed by atoms with Gasteiger partial charge in [0.1, 0.15) is 0 Å². The van der Waals surface area contributed by atoms with E-state index >= 15 is 0 Å². The summed E-state index contributed by atoms with van der Waals surface area (Å²) >= 11 is 0. The number of urea groups is 1. The van der Waals surface area contributed by atoms with E-state index in [2.05, 4.69) is 5.32 Å². The van der Waals surface area contributed by atoms with Crippen LogP contribution in [-0.2, 0) is 14.3 Å². The highest BCUT2D eigenvalue weighted by Crippen LogP contribution is 2.19. The van der Waals surface area contributed by atoms with Crippen LogP contribution in [0.2, 0.25) is 0 Å². The summed E-state index contributed by atoms with van der Waals surface area (Å²) in [6, 6.07) is -1.36. The van der Waals surface area contributed by atoms with Crippen LogP contribution < -0.4 is 11.1 Å². The molecule has 1 fully saturated rings. The molecule has 7 nitrogen and oxygen atoms in total. The molecule has 3 N–H and O–H groups in total. The highest BCUT2D eigenvalue weighted by molar-refractivity contribution is 5.96. The van der Waals surface area contributed by atoms with Crippen molar-refractivity contribution in [1.82, 2.24) is 10.2 Å². The van der Waals surface area contributed by atoms with Crippen LogP contribution >= 0.6 is 0 Å². The lowest BCUT2D eigenvalue weighted by molar-refractivity contribution is -0.151. The molecule has 0 spiro atoms. The van der Waals surface area contributed by atoms with Crippen molar-refractivity contribution >= 4 is 17.9 Å². The van der Waals surface area contributed by atoms with E-state index in [1.165, 1.54) is 0 Å². The van der Waals surface area contributed by atoms with Crippen LogP contribution in [0.1, 0.15) is 26.7 Å². The van der Waals surface area contributed by atoms with Gasteiger partial charge in [0.2, 0.25) is 5.91 Å². The third kappa shape index (κ3) is 4.51. The fraction of sp³-hybridized carbons (Fsp3) is 0.750. The van der Waals surface area contributed by atoms with Crippen molar-refractivity contribution in [2.45, 2.75) is 32.7 Å². The molecule has 2 atom stereocenters. The van der Waals surface area contributed by atoms with Gasteiger partial charge in [0.15, 0.2) is 0 Å². The normalized spacial score (nSPS) is 21.5. The number of carbonyl (C=O) groups excluding carboxylic acids is 3. The molecule has 1 aliphatic rings. The number of nitrogens with one attached hydrogen (secondary N) is 1.